The summed E-state index contributed by atoms with van der Waals surface area (Å²) in [6, 6.07) is 15.3. The third-order valence-electron chi connectivity index (χ3n) is 4.68. The van der Waals surface area contributed by atoms with Gasteiger partial charge in [-0.3, -0.25) is 4.79 Å². The van der Waals surface area contributed by atoms with E-state index in [0.717, 1.165) is 29.1 Å². The number of thiazole rings is 1. The Labute approximate surface area is 165 Å². The molecule has 0 saturated heterocycles. The van der Waals surface area contributed by atoms with Crippen LogP contribution in [-0.2, 0) is 11.2 Å². The van der Waals surface area contributed by atoms with Crippen molar-refractivity contribution in [3.8, 4) is 21.8 Å². The van der Waals surface area contributed by atoms with E-state index in [9.17, 15) is 4.79 Å². The quantitative estimate of drug-likeness (QED) is 0.611. The average Bonchev–Trinajstić information content (AvgIpc) is 3.09. The van der Waals surface area contributed by atoms with Gasteiger partial charge in [0.25, 0.3) is 0 Å². The van der Waals surface area contributed by atoms with Gasteiger partial charge in [0.05, 0.1) is 5.69 Å². The highest BCUT2D eigenvalue weighted by Gasteiger charge is 2.09. The van der Waals surface area contributed by atoms with Gasteiger partial charge in [0.15, 0.2) is 0 Å². The van der Waals surface area contributed by atoms with Gasteiger partial charge in [-0.15, -0.1) is 11.3 Å². The van der Waals surface area contributed by atoms with E-state index in [1.807, 2.05) is 6.92 Å². The number of hydrogen-bond acceptors (Lipinski definition) is 3. The van der Waals surface area contributed by atoms with Gasteiger partial charge in [-0.2, -0.15) is 0 Å². The first kappa shape index (κ1) is 19.3. The smallest absolute Gasteiger partial charge is 0.217 e. The number of aryl methyl sites for hydroxylation is 3. The van der Waals surface area contributed by atoms with E-state index in [4.69, 9.17) is 4.98 Å². The Hall–Kier alpha value is -2.46. The topological polar surface area (TPSA) is 42.0 Å². The average molecular weight is 379 g/mol. The molecule has 27 heavy (non-hydrogen) atoms. The Bertz CT molecular complexity index is 928. The van der Waals surface area contributed by atoms with Gasteiger partial charge < -0.3 is 5.32 Å². The zero-order valence-electron chi connectivity index (χ0n) is 16.4. The van der Waals surface area contributed by atoms with Crippen molar-refractivity contribution in [1.29, 1.82) is 0 Å². The molecular formula is C23H26N2OS. The highest BCUT2D eigenvalue weighted by molar-refractivity contribution is 7.13. The molecule has 1 atom stereocenters. The van der Waals surface area contributed by atoms with Crippen molar-refractivity contribution >= 4 is 17.2 Å². The summed E-state index contributed by atoms with van der Waals surface area (Å²) in [5.41, 5.74) is 7.19. The van der Waals surface area contributed by atoms with Crippen molar-refractivity contribution in [2.24, 2.45) is 0 Å². The number of benzene rings is 2. The number of carbonyl (C=O) groups is 1. The highest BCUT2D eigenvalue weighted by atomic mass is 32.1. The lowest BCUT2D eigenvalue weighted by molar-refractivity contribution is -0.119. The minimum atomic E-state index is 0.0287. The van der Waals surface area contributed by atoms with Crippen molar-refractivity contribution in [2.45, 2.75) is 46.6 Å². The van der Waals surface area contributed by atoms with Crippen LogP contribution in [0, 0.1) is 13.8 Å². The summed E-state index contributed by atoms with van der Waals surface area (Å²) < 4.78 is 0. The molecular weight excluding hydrogens is 352 g/mol. The summed E-state index contributed by atoms with van der Waals surface area (Å²) in [7, 11) is 0. The summed E-state index contributed by atoms with van der Waals surface area (Å²) in [5, 5.41) is 6.12. The molecule has 1 heterocycles. The van der Waals surface area contributed by atoms with Crippen molar-refractivity contribution in [2.75, 3.05) is 0 Å². The van der Waals surface area contributed by atoms with E-state index in [1.165, 1.54) is 22.3 Å². The first-order chi connectivity index (χ1) is 12.9. The molecule has 0 spiro atoms. The fraction of sp³-hybridized carbons (Fsp3) is 0.304. The largest absolute Gasteiger partial charge is 0.354 e. The second kappa shape index (κ2) is 8.49. The van der Waals surface area contributed by atoms with Crippen LogP contribution in [0.25, 0.3) is 21.8 Å². The summed E-state index contributed by atoms with van der Waals surface area (Å²) in [4.78, 5) is 15.9. The second-order valence-electron chi connectivity index (χ2n) is 7.19. The number of nitrogens with one attached hydrogen (secondary N) is 1. The normalized spacial score (nSPS) is 12.0. The van der Waals surface area contributed by atoms with E-state index >= 15 is 0 Å². The zero-order valence-corrected chi connectivity index (χ0v) is 17.2. The van der Waals surface area contributed by atoms with E-state index in [-0.39, 0.29) is 11.9 Å². The maximum Gasteiger partial charge on any atom is 0.217 e. The van der Waals surface area contributed by atoms with Crippen molar-refractivity contribution in [3.05, 3.63) is 64.5 Å². The number of rotatable bonds is 6. The van der Waals surface area contributed by atoms with E-state index in [2.05, 4.69) is 67.0 Å². The standard InChI is InChI=1S/C23H26N2OS/c1-15-5-12-21(16(2)13-15)23-25-22(14-27-23)20-10-8-19(9-11-20)7-6-17(3)24-18(4)26/h5,8-14,17H,6-7H2,1-4H3,(H,24,26). The molecule has 0 aliphatic rings. The fourth-order valence-corrected chi connectivity index (χ4v) is 4.15. The molecule has 2 aromatic carbocycles. The summed E-state index contributed by atoms with van der Waals surface area (Å²) >= 11 is 1.69. The van der Waals surface area contributed by atoms with Gasteiger partial charge in [0.2, 0.25) is 5.91 Å². The molecule has 140 valence electrons. The molecule has 0 bridgehead atoms. The predicted octanol–water partition coefficient (Wildman–Crippen LogP) is 5.55. The van der Waals surface area contributed by atoms with Crippen molar-refractivity contribution in [3.63, 3.8) is 0 Å². The van der Waals surface area contributed by atoms with Crippen molar-refractivity contribution < 1.29 is 4.79 Å². The van der Waals surface area contributed by atoms with Gasteiger partial charge in [-0.05, 0) is 44.7 Å². The third kappa shape index (κ3) is 5.04. The Morgan fingerprint density at radius 2 is 1.89 bits per heavy atom. The lowest BCUT2D eigenvalue weighted by Crippen LogP contribution is -2.30. The molecule has 1 amide bonds. The molecule has 0 aliphatic heterocycles. The van der Waals surface area contributed by atoms with Crippen LogP contribution in [0.1, 0.15) is 37.0 Å². The number of amides is 1. The summed E-state index contributed by atoms with van der Waals surface area (Å²) in [6.45, 7) is 7.86. The fourth-order valence-electron chi connectivity index (χ4n) is 3.23. The summed E-state index contributed by atoms with van der Waals surface area (Å²) in [6.07, 6.45) is 1.89. The zero-order chi connectivity index (χ0) is 19.4. The molecule has 1 aromatic heterocycles. The van der Waals surface area contributed by atoms with Gasteiger partial charge in [0, 0.05) is 29.5 Å². The minimum absolute atomic E-state index is 0.0287. The first-order valence-electron chi connectivity index (χ1n) is 9.32. The Kier molecular flexibility index (Phi) is 6.07. The highest BCUT2D eigenvalue weighted by Crippen LogP contribution is 2.31. The van der Waals surface area contributed by atoms with Crippen LogP contribution in [-0.4, -0.2) is 16.9 Å². The van der Waals surface area contributed by atoms with Crippen LogP contribution < -0.4 is 5.32 Å². The maximum atomic E-state index is 11.1. The van der Waals surface area contributed by atoms with E-state index in [0.29, 0.717) is 0 Å². The summed E-state index contributed by atoms with van der Waals surface area (Å²) in [5.74, 6) is 0.0287. The van der Waals surface area contributed by atoms with Crippen LogP contribution in [0.5, 0.6) is 0 Å². The maximum absolute atomic E-state index is 11.1. The molecule has 3 rings (SSSR count). The van der Waals surface area contributed by atoms with Crippen molar-refractivity contribution in [1.82, 2.24) is 10.3 Å². The number of hydrogen-bond donors (Lipinski definition) is 1. The van der Waals surface area contributed by atoms with Crippen LogP contribution in [0.15, 0.2) is 47.8 Å². The second-order valence-corrected chi connectivity index (χ2v) is 8.05. The van der Waals surface area contributed by atoms with E-state index in [1.54, 1.807) is 18.3 Å². The van der Waals surface area contributed by atoms with Crippen LogP contribution >= 0.6 is 11.3 Å². The molecule has 3 nitrogen and oxygen atoms in total. The SMILES string of the molecule is CC(=O)NC(C)CCc1ccc(-c2csc(-c3ccc(C)cc3C)n2)cc1. The Morgan fingerprint density at radius 1 is 1.15 bits per heavy atom. The Morgan fingerprint density at radius 3 is 2.56 bits per heavy atom. The van der Waals surface area contributed by atoms with Crippen LogP contribution in [0.3, 0.4) is 0 Å². The third-order valence-corrected chi connectivity index (χ3v) is 5.56. The van der Waals surface area contributed by atoms with Crippen LogP contribution in [0.2, 0.25) is 0 Å². The van der Waals surface area contributed by atoms with Gasteiger partial charge >= 0.3 is 0 Å². The van der Waals surface area contributed by atoms with Gasteiger partial charge in [-0.25, -0.2) is 4.98 Å². The number of carbonyl (C=O) groups excluding carboxylic acids is 1. The molecule has 1 N–H and O–H groups in total. The lowest BCUT2D eigenvalue weighted by Gasteiger charge is -2.12. The molecule has 0 saturated carbocycles. The number of aromatic nitrogens is 1. The Balaban J connectivity index is 1.69. The van der Waals surface area contributed by atoms with Crippen LogP contribution in [0.4, 0.5) is 0 Å². The molecule has 4 heteroatoms. The first-order valence-corrected chi connectivity index (χ1v) is 10.2. The molecule has 3 aromatic rings. The van der Waals surface area contributed by atoms with E-state index < -0.39 is 0 Å². The molecule has 0 radical (unpaired) electrons. The van der Waals surface area contributed by atoms with Gasteiger partial charge in [-0.1, -0.05) is 48.0 Å². The lowest BCUT2D eigenvalue weighted by atomic mass is 10.0. The molecule has 0 fully saturated rings. The molecule has 0 aliphatic carbocycles. The monoisotopic (exact) mass is 378 g/mol. The molecule has 1 unspecified atom stereocenters. The minimum Gasteiger partial charge on any atom is -0.354 e. The van der Waals surface area contributed by atoms with Gasteiger partial charge in [0.1, 0.15) is 5.01 Å². The predicted molar refractivity (Wildman–Crippen MR) is 114 cm³/mol. The number of nitrogens with zero attached hydrogens (tertiary/aromatic N) is 1.